The number of carbonyl (C=O) groups is 3. The molecule has 0 unspecified atom stereocenters. The van der Waals surface area contributed by atoms with Crippen LogP contribution in [0.2, 0.25) is 0 Å². The van der Waals surface area contributed by atoms with Gasteiger partial charge in [0.15, 0.2) is 5.01 Å². The molecule has 0 radical (unpaired) electrons. The number of carboxylic acid groups (broad SMARTS) is 1. The Morgan fingerprint density at radius 1 is 0.879 bits per heavy atom. The van der Waals surface area contributed by atoms with Crippen LogP contribution in [-0.4, -0.2) is 34.0 Å². The van der Waals surface area contributed by atoms with Crippen LogP contribution in [0, 0.1) is 5.92 Å². The standard InChI is InChI=1S/C24H24N4O4S/c29-21(26-18-12-8-16(9-13-18)23(30)31)22-25-14-20(33-22)15-6-10-19(11-7-15)28-24(32)27-17-4-2-1-3-5-17/h1-7,10-11,14,16,18H,8-9,12-13H2,(H,26,29)(H,30,31)(H2,27,28,32). The Bertz CT molecular complexity index is 1120. The molecule has 0 atom stereocenters. The van der Waals surface area contributed by atoms with E-state index in [1.165, 1.54) is 11.3 Å². The van der Waals surface area contributed by atoms with Crippen LogP contribution in [0.25, 0.3) is 10.4 Å². The van der Waals surface area contributed by atoms with Crippen molar-refractivity contribution in [3.63, 3.8) is 0 Å². The first-order valence-corrected chi connectivity index (χ1v) is 11.5. The molecule has 0 saturated heterocycles. The van der Waals surface area contributed by atoms with Crippen molar-refractivity contribution in [1.82, 2.24) is 10.3 Å². The van der Waals surface area contributed by atoms with Gasteiger partial charge in [-0.1, -0.05) is 30.3 Å². The number of para-hydroxylation sites is 1. The van der Waals surface area contributed by atoms with Crippen LogP contribution < -0.4 is 16.0 Å². The second-order valence-electron chi connectivity index (χ2n) is 7.91. The Morgan fingerprint density at radius 3 is 2.15 bits per heavy atom. The van der Waals surface area contributed by atoms with Crippen LogP contribution in [0.15, 0.2) is 60.8 Å². The highest BCUT2D eigenvalue weighted by atomic mass is 32.1. The van der Waals surface area contributed by atoms with Crippen molar-refractivity contribution in [2.24, 2.45) is 5.92 Å². The van der Waals surface area contributed by atoms with Crippen molar-refractivity contribution in [2.45, 2.75) is 31.7 Å². The Morgan fingerprint density at radius 2 is 1.52 bits per heavy atom. The van der Waals surface area contributed by atoms with E-state index in [4.69, 9.17) is 5.11 Å². The highest BCUT2D eigenvalue weighted by molar-refractivity contribution is 7.17. The fourth-order valence-electron chi connectivity index (χ4n) is 3.78. The second-order valence-corrected chi connectivity index (χ2v) is 8.94. The molecule has 8 nitrogen and oxygen atoms in total. The summed E-state index contributed by atoms with van der Waals surface area (Å²) in [6, 6.07) is 16.1. The van der Waals surface area contributed by atoms with E-state index in [0.29, 0.717) is 42.1 Å². The summed E-state index contributed by atoms with van der Waals surface area (Å²) in [6.07, 6.45) is 4.13. The Labute approximate surface area is 195 Å². The van der Waals surface area contributed by atoms with Crippen LogP contribution in [-0.2, 0) is 4.79 Å². The van der Waals surface area contributed by atoms with Crippen LogP contribution >= 0.6 is 11.3 Å². The summed E-state index contributed by atoms with van der Waals surface area (Å²) in [5, 5.41) is 18.0. The van der Waals surface area contributed by atoms with Gasteiger partial charge in [-0.15, -0.1) is 11.3 Å². The van der Waals surface area contributed by atoms with E-state index in [1.54, 1.807) is 30.5 Å². The number of carboxylic acids is 1. The number of nitrogens with zero attached hydrogens (tertiary/aromatic N) is 1. The van der Waals surface area contributed by atoms with E-state index in [2.05, 4.69) is 20.9 Å². The quantitative estimate of drug-likeness (QED) is 0.417. The third-order valence-electron chi connectivity index (χ3n) is 5.57. The van der Waals surface area contributed by atoms with Crippen molar-refractivity contribution in [1.29, 1.82) is 0 Å². The molecule has 2 aromatic carbocycles. The van der Waals surface area contributed by atoms with E-state index >= 15 is 0 Å². The topological polar surface area (TPSA) is 120 Å². The minimum absolute atomic E-state index is 0.0205. The number of aromatic nitrogens is 1. The van der Waals surface area contributed by atoms with Gasteiger partial charge in [-0.3, -0.25) is 9.59 Å². The summed E-state index contributed by atoms with van der Waals surface area (Å²) in [4.78, 5) is 40.9. The predicted molar refractivity (Wildman–Crippen MR) is 127 cm³/mol. The lowest BCUT2D eigenvalue weighted by Crippen LogP contribution is -2.38. The number of aliphatic carboxylic acids is 1. The molecule has 1 aliphatic rings. The minimum atomic E-state index is -0.762. The van der Waals surface area contributed by atoms with Crippen molar-refractivity contribution < 1.29 is 19.5 Å². The van der Waals surface area contributed by atoms with Crippen molar-refractivity contribution in [3.05, 3.63) is 65.8 Å². The predicted octanol–water partition coefficient (Wildman–Crippen LogP) is 4.83. The number of thiazole rings is 1. The molecule has 33 heavy (non-hydrogen) atoms. The average Bonchev–Trinajstić information content (AvgIpc) is 3.31. The van der Waals surface area contributed by atoms with Gasteiger partial charge in [0.05, 0.1) is 10.8 Å². The van der Waals surface area contributed by atoms with Gasteiger partial charge in [0.25, 0.3) is 5.91 Å². The van der Waals surface area contributed by atoms with E-state index in [-0.39, 0.29) is 23.9 Å². The van der Waals surface area contributed by atoms with Crippen molar-refractivity contribution >= 4 is 40.6 Å². The van der Waals surface area contributed by atoms with Gasteiger partial charge in [-0.2, -0.15) is 0 Å². The van der Waals surface area contributed by atoms with Crippen molar-refractivity contribution in [2.75, 3.05) is 10.6 Å². The van der Waals surface area contributed by atoms with Crippen LogP contribution in [0.4, 0.5) is 16.2 Å². The average molecular weight is 465 g/mol. The third kappa shape index (κ3) is 5.95. The number of benzene rings is 2. The van der Waals surface area contributed by atoms with Gasteiger partial charge >= 0.3 is 12.0 Å². The maximum absolute atomic E-state index is 12.6. The van der Waals surface area contributed by atoms with Gasteiger partial charge in [-0.05, 0) is 55.5 Å². The SMILES string of the molecule is O=C(Nc1ccccc1)Nc1ccc(-c2cnc(C(=O)NC3CCC(C(=O)O)CC3)s2)cc1. The molecule has 0 bridgehead atoms. The van der Waals surface area contributed by atoms with E-state index in [0.717, 1.165) is 10.4 Å². The molecular weight excluding hydrogens is 440 g/mol. The Balaban J connectivity index is 1.31. The molecule has 4 N–H and O–H groups in total. The largest absolute Gasteiger partial charge is 0.481 e. The maximum Gasteiger partial charge on any atom is 0.323 e. The van der Waals surface area contributed by atoms with Crippen molar-refractivity contribution in [3.8, 4) is 10.4 Å². The van der Waals surface area contributed by atoms with Crippen LogP contribution in [0.3, 0.4) is 0 Å². The van der Waals surface area contributed by atoms with Gasteiger partial charge in [0.2, 0.25) is 0 Å². The molecule has 4 rings (SSSR count). The zero-order chi connectivity index (χ0) is 23.2. The molecule has 1 heterocycles. The highest BCUT2D eigenvalue weighted by Crippen LogP contribution is 2.28. The van der Waals surface area contributed by atoms with E-state index in [9.17, 15) is 14.4 Å². The number of hydrogen-bond acceptors (Lipinski definition) is 5. The van der Waals surface area contributed by atoms with E-state index < -0.39 is 5.97 Å². The van der Waals surface area contributed by atoms with Crippen LogP contribution in [0.5, 0.6) is 0 Å². The molecule has 0 spiro atoms. The van der Waals surface area contributed by atoms with Gasteiger partial charge in [-0.25, -0.2) is 9.78 Å². The highest BCUT2D eigenvalue weighted by Gasteiger charge is 2.27. The molecule has 1 fully saturated rings. The third-order valence-corrected chi connectivity index (χ3v) is 6.62. The molecule has 3 amide bonds. The summed E-state index contributed by atoms with van der Waals surface area (Å²) in [5.41, 5.74) is 2.24. The molecule has 1 aromatic heterocycles. The fourth-order valence-corrected chi connectivity index (χ4v) is 4.60. The van der Waals surface area contributed by atoms with Gasteiger partial charge in [0, 0.05) is 23.6 Å². The maximum atomic E-state index is 12.6. The number of carbonyl (C=O) groups excluding carboxylic acids is 2. The number of anilines is 2. The Kier molecular flexibility index (Phi) is 6.99. The first-order valence-electron chi connectivity index (χ1n) is 10.7. The lowest BCUT2D eigenvalue weighted by atomic mass is 9.86. The van der Waals surface area contributed by atoms with Gasteiger partial charge < -0.3 is 21.1 Å². The zero-order valence-corrected chi connectivity index (χ0v) is 18.6. The summed E-state index contributed by atoms with van der Waals surface area (Å²) in [5.74, 6) is -1.31. The first-order chi connectivity index (χ1) is 16.0. The fraction of sp³-hybridized carbons (Fsp3) is 0.250. The molecule has 170 valence electrons. The Hall–Kier alpha value is -3.72. The summed E-state index contributed by atoms with van der Waals surface area (Å²) < 4.78 is 0. The summed E-state index contributed by atoms with van der Waals surface area (Å²) in [6.45, 7) is 0. The lowest BCUT2D eigenvalue weighted by Gasteiger charge is -2.26. The van der Waals surface area contributed by atoms with Gasteiger partial charge in [0.1, 0.15) is 0 Å². The minimum Gasteiger partial charge on any atom is -0.481 e. The lowest BCUT2D eigenvalue weighted by molar-refractivity contribution is -0.142. The monoisotopic (exact) mass is 464 g/mol. The molecular formula is C24H24N4O4S. The smallest absolute Gasteiger partial charge is 0.323 e. The molecule has 9 heteroatoms. The number of amides is 3. The molecule has 1 saturated carbocycles. The zero-order valence-electron chi connectivity index (χ0n) is 17.8. The summed E-state index contributed by atoms with van der Waals surface area (Å²) >= 11 is 1.29. The van der Waals surface area contributed by atoms with Crippen LogP contribution in [0.1, 0.15) is 35.5 Å². The number of hydrogen-bond donors (Lipinski definition) is 4. The summed E-state index contributed by atoms with van der Waals surface area (Å²) in [7, 11) is 0. The second kappa shape index (κ2) is 10.3. The number of nitrogens with one attached hydrogen (secondary N) is 3. The number of urea groups is 1. The molecule has 3 aromatic rings. The number of rotatable bonds is 6. The van der Waals surface area contributed by atoms with E-state index in [1.807, 2.05) is 30.3 Å². The normalized spacial score (nSPS) is 17.7. The molecule has 0 aliphatic heterocycles. The molecule has 1 aliphatic carbocycles. The first kappa shape index (κ1) is 22.5.